The molecule has 1 atom stereocenters. The Kier molecular flexibility index (Phi) is 4.76. The number of amides is 3. The minimum Gasteiger partial charge on any atom is -0.496 e. The van der Waals surface area contributed by atoms with Gasteiger partial charge < -0.3 is 10.1 Å². The van der Waals surface area contributed by atoms with Gasteiger partial charge in [-0.3, -0.25) is 4.79 Å². The van der Waals surface area contributed by atoms with Crippen LogP contribution in [0.2, 0.25) is 0 Å². The van der Waals surface area contributed by atoms with Crippen LogP contribution in [0.25, 0.3) is 10.8 Å². The Bertz CT molecular complexity index is 1110. The van der Waals surface area contributed by atoms with E-state index in [2.05, 4.69) is 10.4 Å². The van der Waals surface area contributed by atoms with E-state index in [0.717, 1.165) is 21.3 Å². The number of carbonyl (C=O) groups is 2. The summed E-state index contributed by atoms with van der Waals surface area (Å²) in [5.41, 5.74) is 0.333. The van der Waals surface area contributed by atoms with Crippen LogP contribution in [0.5, 0.6) is 5.75 Å². The van der Waals surface area contributed by atoms with Crippen molar-refractivity contribution in [2.24, 2.45) is 5.10 Å². The summed E-state index contributed by atoms with van der Waals surface area (Å²) in [6, 6.07) is 20.3. The van der Waals surface area contributed by atoms with E-state index in [1.807, 2.05) is 73.7 Å². The van der Waals surface area contributed by atoms with Crippen molar-refractivity contribution in [1.82, 2.24) is 10.3 Å². The van der Waals surface area contributed by atoms with Crippen molar-refractivity contribution in [2.75, 3.05) is 7.11 Å². The molecule has 6 nitrogen and oxygen atoms in total. The number of carbonyl (C=O) groups excluding carboxylic acids is 2. The van der Waals surface area contributed by atoms with Crippen LogP contribution < -0.4 is 10.1 Å². The molecule has 0 saturated carbocycles. The highest BCUT2D eigenvalue weighted by Crippen LogP contribution is 2.33. The van der Waals surface area contributed by atoms with E-state index in [9.17, 15) is 9.59 Å². The SMILES string of the molecule is CC[C@]1(c2ccccc2)NC(=O)N(N=Cc2c(OC)ccc3ccccc23)C1=O. The van der Waals surface area contributed by atoms with Crippen molar-refractivity contribution in [3.05, 3.63) is 77.9 Å². The first kappa shape index (κ1) is 18.7. The molecule has 29 heavy (non-hydrogen) atoms. The van der Waals surface area contributed by atoms with Crippen molar-refractivity contribution in [3.63, 3.8) is 0 Å². The molecule has 0 unspecified atom stereocenters. The molecule has 1 aliphatic heterocycles. The highest BCUT2D eigenvalue weighted by Gasteiger charge is 2.51. The summed E-state index contributed by atoms with van der Waals surface area (Å²) in [5.74, 6) is 0.218. The van der Waals surface area contributed by atoms with Crippen molar-refractivity contribution < 1.29 is 14.3 Å². The second-order valence-electron chi connectivity index (χ2n) is 6.82. The topological polar surface area (TPSA) is 71.0 Å². The predicted octanol–water partition coefficient (Wildman–Crippen LogP) is 4.04. The Morgan fingerprint density at radius 3 is 2.48 bits per heavy atom. The Labute approximate surface area is 168 Å². The number of ether oxygens (including phenoxy) is 1. The van der Waals surface area contributed by atoms with Crippen LogP contribution in [-0.4, -0.2) is 30.3 Å². The third-order valence-corrected chi connectivity index (χ3v) is 5.32. The number of fused-ring (bicyclic) bond motifs is 1. The first-order valence-electron chi connectivity index (χ1n) is 9.42. The fraction of sp³-hybridized carbons (Fsp3) is 0.174. The average Bonchev–Trinajstić information content (AvgIpc) is 3.02. The molecule has 4 rings (SSSR count). The molecule has 3 aromatic carbocycles. The first-order chi connectivity index (χ1) is 14.1. The van der Waals surface area contributed by atoms with Gasteiger partial charge in [0, 0.05) is 5.56 Å². The molecule has 1 fully saturated rings. The summed E-state index contributed by atoms with van der Waals surface area (Å²) in [4.78, 5) is 25.8. The fourth-order valence-electron chi connectivity index (χ4n) is 3.73. The molecule has 1 aliphatic rings. The largest absolute Gasteiger partial charge is 0.496 e. The Balaban J connectivity index is 1.74. The molecule has 0 radical (unpaired) electrons. The zero-order valence-electron chi connectivity index (χ0n) is 16.3. The quantitative estimate of drug-likeness (QED) is 0.531. The number of nitrogens with zero attached hydrogens (tertiary/aromatic N) is 2. The number of methoxy groups -OCH3 is 1. The Hall–Kier alpha value is -3.67. The van der Waals surface area contributed by atoms with Crippen molar-refractivity contribution in [1.29, 1.82) is 0 Å². The number of urea groups is 1. The summed E-state index contributed by atoms with van der Waals surface area (Å²) >= 11 is 0. The van der Waals surface area contributed by atoms with E-state index < -0.39 is 17.5 Å². The van der Waals surface area contributed by atoms with Crippen LogP contribution in [0.3, 0.4) is 0 Å². The Morgan fingerprint density at radius 1 is 1.03 bits per heavy atom. The third-order valence-electron chi connectivity index (χ3n) is 5.32. The van der Waals surface area contributed by atoms with Gasteiger partial charge in [-0.25, -0.2) is 4.79 Å². The summed E-state index contributed by atoms with van der Waals surface area (Å²) in [7, 11) is 1.58. The minimum absolute atomic E-state index is 0.397. The molecule has 146 valence electrons. The van der Waals surface area contributed by atoms with Gasteiger partial charge in [-0.1, -0.05) is 67.6 Å². The maximum atomic E-state index is 13.2. The highest BCUT2D eigenvalue weighted by atomic mass is 16.5. The summed E-state index contributed by atoms with van der Waals surface area (Å²) in [6.45, 7) is 1.87. The van der Waals surface area contributed by atoms with E-state index in [-0.39, 0.29) is 0 Å². The lowest BCUT2D eigenvalue weighted by Gasteiger charge is -2.24. The van der Waals surface area contributed by atoms with Gasteiger partial charge in [0.1, 0.15) is 11.3 Å². The zero-order chi connectivity index (χ0) is 20.4. The summed E-state index contributed by atoms with van der Waals surface area (Å²) < 4.78 is 5.46. The molecule has 1 N–H and O–H groups in total. The van der Waals surface area contributed by atoms with Gasteiger partial charge in [-0.05, 0) is 28.8 Å². The monoisotopic (exact) mass is 387 g/mol. The Morgan fingerprint density at radius 2 is 1.76 bits per heavy atom. The van der Waals surface area contributed by atoms with Crippen molar-refractivity contribution >= 4 is 28.9 Å². The maximum absolute atomic E-state index is 13.2. The van der Waals surface area contributed by atoms with Crippen molar-refractivity contribution in [3.8, 4) is 5.75 Å². The van der Waals surface area contributed by atoms with Crippen molar-refractivity contribution in [2.45, 2.75) is 18.9 Å². The van der Waals surface area contributed by atoms with Gasteiger partial charge in [0.05, 0.1) is 13.3 Å². The number of hydrogen-bond donors (Lipinski definition) is 1. The number of hydrogen-bond acceptors (Lipinski definition) is 4. The van der Waals surface area contributed by atoms with E-state index in [0.29, 0.717) is 17.7 Å². The molecule has 0 bridgehead atoms. The maximum Gasteiger partial charge on any atom is 0.346 e. The standard InChI is InChI=1S/C23H21N3O3/c1-3-23(17-10-5-4-6-11-17)21(27)26(22(28)25-23)24-15-19-18-12-8-7-9-16(18)13-14-20(19)29-2/h4-15H,3H2,1-2H3,(H,25,28)/t23-/m1/s1. The molecule has 0 spiro atoms. The van der Waals surface area contributed by atoms with E-state index in [1.54, 1.807) is 7.11 Å². The minimum atomic E-state index is -1.11. The number of benzene rings is 3. The summed E-state index contributed by atoms with van der Waals surface area (Å²) in [5, 5.41) is 9.91. The molecule has 1 heterocycles. The lowest BCUT2D eigenvalue weighted by molar-refractivity contribution is -0.131. The van der Waals surface area contributed by atoms with Crippen LogP contribution >= 0.6 is 0 Å². The molecule has 0 aliphatic carbocycles. The molecule has 3 aromatic rings. The van der Waals surface area contributed by atoms with E-state index in [4.69, 9.17) is 4.74 Å². The molecule has 3 amide bonds. The normalized spacial score (nSPS) is 19.2. The number of hydrazone groups is 1. The average molecular weight is 387 g/mol. The number of imide groups is 1. The third kappa shape index (κ3) is 3.02. The van der Waals surface area contributed by atoms with Crippen LogP contribution in [0, 0.1) is 0 Å². The highest BCUT2D eigenvalue weighted by molar-refractivity contribution is 6.09. The lowest BCUT2D eigenvalue weighted by atomic mass is 9.87. The van der Waals surface area contributed by atoms with Crippen LogP contribution in [0.1, 0.15) is 24.5 Å². The fourth-order valence-corrected chi connectivity index (χ4v) is 3.73. The molecule has 1 saturated heterocycles. The smallest absolute Gasteiger partial charge is 0.346 e. The van der Waals surface area contributed by atoms with Gasteiger partial charge in [0.25, 0.3) is 5.91 Å². The van der Waals surface area contributed by atoms with Gasteiger partial charge in [0.15, 0.2) is 0 Å². The number of nitrogens with one attached hydrogen (secondary N) is 1. The zero-order valence-corrected chi connectivity index (χ0v) is 16.3. The van der Waals surface area contributed by atoms with Crippen LogP contribution in [-0.2, 0) is 10.3 Å². The van der Waals surface area contributed by atoms with E-state index in [1.165, 1.54) is 6.21 Å². The summed E-state index contributed by atoms with van der Waals surface area (Å²) in [6.07, 6.45) is 1.93. The van der Waals surface area contributed by atoms with Gasteiger partial charge in [-0.15, -0.1) is 5.01 Å². The lowest BCUT2D eigenvalue weighted by Crippen LogP contribution is -2.43. The van der Waals surface area contributed by atoms with E-state index >= 15 is 0 Å². The molecule has 0 aromatic heterocycles. The molecular formula is C23H21N3O3. The second-order valence-corrected chi connectivity index (χ2v) is 6.82. The van der Waals surface area contributed by atoms with Gasteiger partial charge in [-0.2, -0.15) is 5.10 Å². The van der Waals surface area contributed by atoms with Crippen LogP contribution in [0.15, 0.2) is 71.8 Å². The second kappa shape index (κ2) is 7.39. The van der Waals surface area contributed by atoms with Crippen LogP contribution in [0.4, 0.5) is 4.79 Å². The first-order valence-corrected chi connectivity index (χ1v) is 9.42. The number of rotatable bonds is 5. The van der Waals surface area contributed by atoms with Gasteiger partial charge >= 0.3 is 6.03 Å². The predicted molar refractivity (Wildman–Crippen MR) is 112 cm³/mol. The molecular weight excluding hydrogens is 366 g/mol. The van der Waals surface area contributed by atoms with Gasteiger partial charge in [0.2, 0.25) is 0 Å². The molecule has 6 heteroatoms.